The Kier molecular flexibility index (Phi) is 66.9. The van der Waals surface area contributed by atoms with Gasteiger partial charge in [-0.05, 0) is 57.3 Å². The van der Waals surface area contributed by atoms with Crippen molar-refractivity contribution in [3.05, 3.63) is 24.3 Å². The molecule has 0 bridgehead atoms. The fourth-order valence-electron chi connectivity index (χ4n) is 11.2. The molecule has 0 aromatic carbocycles. The van der Waals surface area contributed by atoms with E-state index in [4.69, 9.17) is 37.0 Å². The lowest BCUT2D eigenvalue weighted by atomic mass is 10.0. The second-order valence-corrected chi connectivity index (χ2v) is 30.1. The molecule has 5 atom stereocenters. The van der Waals surface area contributed by atoms with E-state index in [1.54, 1.807) is 0 Å². The number of rotatable bonds is 74. The van der Waals surface area contributed by atoms with Gasteiger partial charge >= 0.3 is 39.5 Å². The standard InChI is InChI=1S/C76H144O17P2/c1-6-9-12-15-18-21-23-25-27-28-29-30-31-33-35-37-40-46-51-56-61-75(80)92-71(66-87-74(79)60-55-50-45-39-36-34-32-26-24-22-19-16-13-10-7-2)67-90-94(82,83)88-63-70(77)64-89-95(84,85)91-68-72(65-86-73(78)59-54-49-44-38-20-17-14-11-8-3)93-76(81)62-57-52-47-42-41-43-48-53-58-69(4)5/h22,24,26,32,69-72,77H,6-21,23,25,27-31,33-68H2,1-5H3,(H,82,83)(H,84,85)/b24-22-,32-26-/t70-,71-,72-/m1/s1. The summed E-state index contributed by atoms with van der Waals surface area (Å²) in [6.07, 6.45) is 60.6. The Morgan fingerprint density at radius 1 is 0.326 bits per heavy atom. The third kappa shape index (κ3) is 69.8. The molecule has 0 aliphatic rings. The van der Waals surface area contributed by atoms with Gasteiger partial charge in [0.1, 0.15) is 19.3 Å². The number of ether oxygens (including phenoxy) is 4. The molecule has 0 radical (unpaired) electrons. The van der Waals surface area contributed by atoms with E-state index in [-0.39, 0.29) is 25.7 Å². The van der Waals surface area contributed by atoms with Crippen LogP contribution in [0.2, 0.25) is 0 Å². The van der Waals surface area contributed by atoms with Crippen molar-refractivity contribution in [3.8, 4) is 0 Å². The smallest absolute Gasteiger partial charge is 0.462 e. The SMILES string of the molecule is CCCCCC/C=C\C=C/CCCCCCCC(=O)OC[C@H](COP(=O)(O)OC[C@@H](O)COP(=O)(O)OC[C@@H](COC(=O)CCCCCCCCCCC)OC(=O)CCCCCCCCCCC(C)C)OC(=O)CCCCCCCCCCCCCCCCCCCCCC. The molecule has 0 fully saturated rings. The van der Waals surface area contributed by atoms with Gasteiger partial charge in [-0.1, -0.05) is 322 Å². The van der Waals surface area contributed by atoms with Crippen molar-refractivity contribution >= 4 is 39.5 Å². The van der Waals surface area contributed by atoms with E-state index >= 15 is 0 Å². The van der Waals surface area contributed by atoms with Crippen LogP contribution in [0, 0.1) is 5.92 Å². The molecule has 17 nitrogen and oxygen atoms in total. The van der Waals surface area contributed by atoms with Crippen molar-refractivity contribution in [1.82, 2.24) is 0 Å². The molecule has 0 aliphatic heterocycles. The Bertz CT molecular complexity index is 1920. The fraction of sp³-hybridized carbons (Fsp3) is 0.895. The lowest BCUT2D eigenvalue weighted by molar-refractivity contribution is -0.161. The average Bonchev–Trinajstić information content (AvgIpc) is 1.64. The largest absolute Gasteiger partial charge is 0.472 e. The molecule has 95 heavy (non-hydrogen) atoms. The van der Waals surface area contributed by atoms with Crippen LogP contribution in [0.15, 0.2) is 24.3 Å². The molecule has 560 valence electrons. The zero-order chi connectivity index (χ0) is 69.8. The molecular formula is C76H144O17P2. The summed E-state index contributed by atoms with van der Waals surface area (Å²) in [6.45, 7) is 7.16. The van der Waals surface area contributed by atoms with Crippen LogP contribution in [0.1, 0.15) is 375 Å². The summed E-state index contributed by atoms with van der Waals surface area (Å²) in [7, 11) is -9.92. The van der Waals surface area contributed by atoms with Gasteiger partial charge in [0.15, 0.2) is 12.2 Å². The van der Waals surface area contributed by atoms with Crippen LogP contribution in [0.3, 0.4) is 0 Å². The third-order valence-corrected chi connectivity index (χ3v) is 19.1. The normalized spacial score (nSPS) is 14.1. The Balaban J connectivity index is 5.23. The number of unbranched alkanes of at least 4 members (excludes halogenated alkanes) is 43. The van der Waals surface area contributed by atoms with Crippen LogP contribution in [-0.4, -0.2) is 96.7 Å². The molecule has 0 saturated carbocycles. The van der Waals surface area contributed by atoms with Crippen LogP contribution in [0.4, 0.5) is 0 Å². The predicted octanol–water partition coefficient (Wildman–Crippen LogP) is 22.0. The van der Waals surface area contributed by atoms with E-state index < -0.39 is 97.5 Å². The van der Waals surface area contributed by atoms with Gasteiger partial charge in [-0.25, -0.2) is 9.13 Å². The minimum absolute atomic E-state index is 0.102. The minimum Gasteiger partial charge on any atom is -0.462 e. The van der Waals surface area contributed by atoms with E-state index in [2.05, 4.69) is 58.9 Å². The van der Waals surface area contributed by atoms with E-state index in [1.807, 2.05) is 0 Å². The van der Waals surface area contributed by atoms with Gasteiger partial charge in [0, 0.05) is 25.7 Å². The number of phosphoric ester groups is 2. The molecule has 0 aromatic heterocycles. The quantitative estimate of drug-likeness (QED) is 0.0169. The van der Waals surface area contributed by atoms with Crippen molar-refractivity contribution in [3.63, 3.8) is 0 Å². The summed E-state index contributed by atoms with van der Waals surface area (Å²) < 4.78 is 68.4. The monoisotopic (exact) mass is 1390 g/mol. The van der Waals surface area contributed by atoms with Crippen molar-refractivity contribution in [2.75, 3.05) is 39.6 Å². The first-order valence-electron chi connectivity index (χ1n) is 39.0. The highest BCUT2D eigenvalue weighted by Crippen LogP contribution is 2.45. The maximum atomic E-state index is 13.1. The third-order valence-electron chi connectivity index (χ3n) is 17.2. The van der Waals surface area contributed by atoms with Crippen molar-refractivity contribution < 1.29 is 80.2 Å². The molecule has 3 N–H and O–H groups in total. The molecule has 0 spiro atoms. The Morgan fingerprint density at radius 2 is 0.568 bits per heavy atom. The van der Waals surface area contributed by atoms with Gasteiger partial charge in [-0.15, -0.1) is 0 Å². The van der Waals surface area contributed by atoms with E-state index in [0.717, 1.165) is 115 Å². The van der Waals surface area contributed by atoms with Crippen LogP contribution in [-0.2, 0) is 65.4 Å². The lowest BCUT2D eigenvalue weighted by Crippen LogP contribution is -2.30. The summed E-state index contributed by atoms with van der Waals surface area (Å²) in [5, 5.41) is 10.6. The number of allylic oxidation sites excluding steroid dienone is 4. The van der Waals surface area contributed by atoms with Crippen LogP contribution < -0.4 is 0 Å². The molecule has 0 saturated heterocycles. The van der Waals surface area contributed by atoms with Gasteiger partial charge in [0.2, 0.25) is 0 Å². The second-order valence-electron chi connectivity index (χ2n) is 27.2. The molecule has 2 unspecified atom stereocenters. The van der Waals surface area contributed by atoms with Gasteiger partial charge in [0.05, 0.1) is 26.4 Å². The molecule has 19 heteroatoms. The highest BCUT2D eigenvalue weighted by atomic mass is 31.2. The Morgan fingerprint density at radius 3 is 0.863 bits per heavy atom. The summed E-state index contributed by atoms with van der Waals surface area (Å²) in [5.74, 6) is -1.43. The first-order chi connectivity index (χ1) is 46.0. The lowest BCUT2D eigenvalue weighted by Gasteiger charge is -2.21. The van der Waals surface area contributed by atoms with Gasteiger partial charge < -0.3 is 33.8 Å². The molecule has 0 heterocycles. The highest BCUT2D eigenvalue weighted by Gasteiger charge is 2.30. The van der Waals surface area contributed by atoms with Gasteiger partial charge in [-0.3, -0.25) is 37.3 Å². The number of aliphatic hydroxyl groups excluding tert-OH is 1. The number of carbonyl (C=O) groups is 4. The number of esters is 4. The van der Waals surface area contributed by atoms with Crippen molar-refractivity contribution in [2.24, 2.45) is 5.92 Å². The number of hydrogen-bond acceptors (Lipinski definition) is 15. The fourth-order valence-corrected chi connectivity index (χ4v) is 12.7. The second kappa shape index (κ2) is 68.7. The van der Waals surface area contributed by atoms with Crippen molar-refractivity contribution in [1.29, 1.82) is 0 Å². The maximum absolute atomic E-state index is 13.1. The number of phosphoric acid groups is 2. The summed E-state index contributed by atoms with van der Waals surface area (Å²) in [6, 6.07) is 0. The van der Waals surface area contributed by atoms with E-state index in [1.165, 1.54) is 180 Å². The minimum atomic E-state index is -4.96. The summed E-state index contributed by atoms with van der Waals surface area (Å²) in [4.78, 5) is 72.7. The molecular weight excluding hydrogens is 1250 g/mol. The van der Waals surface area contributed by atoms with Gasteiger partial charge in [0.25, 0.3) is 0 Å². The Labute approximate surface area is 580 Å². The van der Waals surface area contributed by atoms with Crippen LogP contribution in [0.5, 0.6) is 0 Å². The topological polar surface area (TPSA) is 237 Å². The van der Waals surface area contributed by atoms with Gasteiger partial charge in [-0.2, -0.15) is 0 Å². The zero-order valence-corrected chi connectivity index (χ0v) is 63.1. The first kappa shape index (κ1) is 92.5. The van der Waals surface area contributed by atoms with Crippen LogP contribution in [0.25, 0.3) is 0 Å². The summed E-state index contributed by atoms with van der Waals surface area (Å²) >= 11 is 0. The number of carbonyl (C=O) groups excluding carboxylic acids is 4. The maximum Gasteiger partial charge on any atom is 0.472 e. The number of hydrogen-bond donors (Lipinski definition) is 3. The molecule has 0 rings (SSSR count). The van der Waals surface area contributed by atoms with E-state index in [9.17, 15) is 43.2 Å². The molecule has 0 aromatic rings. The highest BCUT2D eigenvalue weighted by molar-refractivity contribution is 7.47. The predicted molar refractivity (Wildman–Crippen MR) is 386 cm³/mol. The zero-order valence-electron chi connectivity index (χ0n) is 61.3. The van der Waals surface area contributed by atoms with Crippen molar-refractivity contribution in [2.45, 2.75) is 393 Å². The Hall–Kier alpha value is -2.46. The van der Waals surface area contributed by atoms with E-state index in [0.29, 0.717) is 25.7 Å². The first-order valence-corrected chi connectivity index (χ1v) is 41.9. The molecule has 0 aliphatic carbocycles. The summed E-state index contributed by atoms with van der Waals surface area (Å²) in [5.41, 5.74) is 0. The van der Waals surface area contributed by atoms with Crippen LogP contribution >= 0.6 is 15.6 Å². The average molecular weight is 1390 g/mol. The number of aliphatic hydroxyl groups is 1. The molecule has 0 amide bonds.